The van der Waals surface area contributed by atoms with Gasteiger partial charge in [-0.25, -0.2) is 4.79 Å². The van der Waals surface area contributed by atoms with E-state index in [0.29, 0.717) is 16.5 Å². The molecule has 0 aliphatic carbocycles. The van der Waals surface area contributed by atoms with Gasteiger partial charge in [0.05, 0.1) is 0 Å². The van der Waals surface area contributed by atoms with Gasteiger partial charge in [-0.05, 0) is 30.3 Å². The summed E-state index contributed by atoms with van der Waals surface area (Å²) < 4.78 is 5.20. The summed E-state index contributed by atoms with van der Waals surface area (Å²) in [5, 5.41) is 20.8. The fraction of sp³-hybridized carbons (Fsp3) is 0. The van der Waals surface area contributed by atoms with Crippen molar-refractivity contribution < 1.29 is 19.7 Å². The molecule has 0 saturated heterocycles. The van der Waals surface area contributed by atoms with Crippen LogP contribution in [-0.2, 0) is 0 Å². The SMILES string of the molecule is O=C(Oc1ccccc1)c1ccc2c(O)cccc2c1O. The molecule has 3 aromatic rings. The molecule has 2 N–H and O–H groups in total. The third kappa shape index (κ3) is 2.39. The number of benzene rings is 3. The zero-order valence-corrected chi connectivity index (χ0v) is 11.0. The maximum absolute atomic E-state index is 12.1. The van der Waals surface area contributed by atoms with Crippen LogP contribution < -0.4 is 4.74 Å². The first-order valence-electron chi connectivity index (χ1n) is 6.37. The van der Waals surface area contributed by atoms with Crippen LogP contribution in [0.3, 0.4) is 0 Å². The molecule has 21 heavy (non-hydrogen) atoms. The van der Waals surface area contributed by atoms with Gasteiger partial charge in [-0.3, -0.25) is 0 Å². The number of fused-ring (bicyclic) bond motifs is 1. The van der Waals surface area contributed by atoms with Gasteiger partial charge in [-0.15, -0.1) is 0 Å². The fourth-order valence-electron chi connectivity index (χ4n) is 2.14. The quantitative estimate of drug-likeness (QED) is 0.557. The lowest BCUT2D eigenvalue weighted by molar-refractivity contribution is 0.0732. The number of para-hydroxylation sites is 1. The summed E-state index contributed by atoms with van der Waals surface area (Å²) >= 11 is 0. The highest BCUT2D eigenvalue weighted by Crippen LogP contribution is 2.33. The molecular weight excluding hydrogens is 268 g/mol. The summed E-state index contributed by atoms with van der Waals surface area (Å²) in [6, 6.07) is 16.4. The Kier molecular flexibility index (Phi) is 3.20. The minimum absolute atomic E-state index is 0.0470. The third-order valence-electron chi connectivity index (χ3n) is 3.18. The average molecular weight is 280 g/mol. The predicted molar refractivity (Wildman–Crippen MR) is 78.7 cm³/mol. The van der Waals surface area contributed by atoms with Crippen molar-refractivity contribution in [2.24, 2.45) is 0 Å². The van der Waals surface area contributed by atoms with Crippen LogP contribution in [0.1, 0.15) is 10.4 Å². The highest BCUT2D eigenvalue weighted by molar-refractivity contribution is 6.03. The molecule has 0 unspecified atom stereocenters. The summed E-state index contributed by atoms with van der Waals surface area (Å²) in [4.78, 5) is 12.1. The minimum atomic E-state index is -0.649. The van der Waals surface area contributed by atoms with Gasteiger partial charge in [0.1, 0.15) is 22.8 Å². The molecule has 4 nitrogen and oxygen atoms in total. The summed E-state index contributed by atoms with van der Waals surface area (Å²) in [5.74, 6) is -0.406. The normalized spacial score (nSPS) is 10.5. The smallest absolute Gasteiger partial charge is 0.347 e. The number of hydrogen-bond acceptors (Lipinski definition) is 4. The first kappa shape index (κ1) is 13.0. The van der Waals surface area contributed by atoms with Crippen LogP contribution >= 0.6 is 0 Å². The average Bonchev–Trinajstić information content (AvgIpc) is 2.49. The Morgan fingerprint density at radius 1 is 0.810 bits per heavy atom. The topological polar surface area (TPSA) is 66.8 Å². The first-order valence-corrected chi connectivity index (χ1v) is 6.37. The molecule has 0 aliphatic rings. The molecule has 0 heterocycles. The Labute approximate surface area is 120 Å². The van der Waals surface area contributed by atoms with Crippen LogP contribution in [0.25, 0.3) is 10.8 Å². The molecule has 0 saturated carbocycles. The van der Waals surface area contributed by atoms with Gasteiger partial charge in [0.2, 0.25) is 0 Å². The van der Waals surface area contributed by atoms with Crippen LogP contribution in [0.2, 0.25) is 0 Å². The Hall–Kier alpha value is -3.01. The Bertz CT molecular complexity index is 810. The van der Waals surface area contributed by atoms with E-state index in [-0.39, 0.29) is 17.1 Å². The Morgan fingerprint density at radius 3 is 2.33 bits per heavy atom. The molecule has 0 bridgehead atoms. The number of carbonyl (C=O) groups is 1. The van der Waals surface area contributed by atoms with Crippen molar-refractivity contribution in [3.8, 4) is 17.2 Å². The van der Waals surface area contributed by atoms with E-state index in [1.165, 1.54) is 12.1 Å². The monoisotopic (exact) mass is 280 g/mol. The van der Waals surface area contributed by atoms with E-state index >= 15 is 0 Å². The van der Waals surface area contributed by atoms with Gasteiger partial charge in [-0.1, -0.05) is 30.3 Å². The lowest BCUT2D eigenvalue weighted by atomic mass is 10.0. The van der Waals surface area contributed by atoms with Crippen LogP contribution in [0.5, 0.6) is 17.2 Å². The number of aromatic hydroxyl groups is 2. The van der Waals surface area contributed by atoms with Crippen molar-refractivity contribution in [3.63, 3.8) is 0 Å². The van der Waals surface area contributed by atoms with Crippen molar-refractivity contribution in [1.82, 2.24) is 0 Å². The zero-order valence-electron chi connectivity index (χ0n) is 11.0. The number of rotatable bonds is 2. The molecule has 0 aromatic heterocycles. The summed E-state index contributed by atoms with van der Waals surface area (Å²) in [7, 11) is 0. The zero-order chi connectivity index (χ0) is 14.8. The van der Waals surface area contributed by atoms with E-state index in [1.54, 1.807) is 42.5 Å². The summed E-state index contributed by atoms with van der Waals surface area (Å²) in [6.07, 6.45) is 0. The second-order valence-electron chi connectivity index (χ2n) is 4.54. The molecule has 0 fully saturated rings. The van der Waals surface area contributed by atoms with Gasteiger partial charge in [0.25, 0.3) is 0 Å². The van der Waals surface area contributed by atoms with Crippen molar-refractivity contribution in [1.29, 1.82) is 0 Å². The molecule has 0 atom stereocenters. The number of esters is 1. The Balaban J connectivity index is 2.01. The molecule has 0 aliphatic heterocycles. The summed E-state index contributed by atoms with van der Waals surface area (Å²) in [5.41, 5.74) is 0.0527. The van der Waals surface area contributed by atoms with E-state index in [0.717, 1.165) is 0 Å². The van der Waals surface area contributed by atoms with Crippen molar-refractivity contribution in [3.05, 3.63) is 66.2 Å². The van der Waals surface area contributed by atoms with E-state index in [4.69, 9.17) is 4.74 Å². The number of carbonyl (C=O) groups excluding carboxylic acids is 1. The highest BCUT2D eigenvalue weighted by Gasteiger charge is 2.16. The minimum Gasteiger partial charge on any atom is -0.507 e. The Morgan fingerprint density at radius 2 is 1.57 bits per heavy atom. The molecule has 4 heteroatoms. The molecule has 0 radical (unpaired) electrons. The van der Waals surface area contributed by atoms with E-state index < -0.39 is 5.97 Å². The molecular formula is C17H12O4. The number of hydrogen-bond donors (Lipinski definition) is 2. The molecule has 3 rings (SSSR count). The number of ether oxygens (including phenoxy) is 1. The lowest BCUT2D eigenvalue weighted by Gasteiger charge is -2.09. The van der Waals surface area contributed by atoms with Gasteiger partial charge in [0.15, 0.2) is 0 Å². The van der Waals surface area contributed by atoms with Crippen LogP contribution in [-0.4, -0.2) is 16.2 Å². The largest absolute Gasteiger partial charge is 0.507 e. The van der Waals surface area contributed by atoms with Gasteiger partial charge in [0, 0.05) is 10.8 Å². The third-order valence-corrected chi connectivity index (χ3v) is 3.18. The molecule has 0 spiro atoms. The van der Waals surface area contributed by atoms with Gasteiger partial charge < -0.3 is 14.9 Å². The molecule has 3 aromatic carbocycles. The van der Waals surface area contributed by atoms with Crippen molar-refractivity contribution in [2.45, 2.75) is 0 Å². The second-order valence-corrected chi connectivity index (χ2v) is 4.54. The van der Waals surface area contributed by atoms with Crippen LogP contribution in [0.4, 0.5) is 0 Å². The van der Waals surface area contributed by atoms with E-state index in [2.05, 4.69) is 0 Å². The van der Waals surface area contributed by atoms with Crippen LogP contribution in [0, 0.1) is 0 Å². The van der Waals surface area contributed by atoms with Crippen LogP contribution in [0.15, 0.2) is 60.7 Å². The van der Waals surface area contributed by atoms with E-state index in [1.807, 2.05) is 6.07 Å². The van der Waals surface area contributed by atoms with Crippen molar-refractivity contribution >= 4 is 16.7 Å². The first-order chi connectivity index (χ1) is 10.2. The van der Waals surface area contributed by atoms with Gasteiger partial charge in [-0.2, -0.15) is 0 Å². The summed E-state index contributed by atoms with van der Waals surface area (Å²) in [6.45, 7) is 0. The molecule has 104 valence electrons. The fourth-order valence-corrected chi connectivity index (χ4v) is 2.14. The predicted octanol–water partition coefficient (Wildman–Crippen LogP) is 3.47. The van der Waals surface area contributed by atoms with Crippen molar-refractivity contribution in [2.75, 3.05) is 0 Å². The number of phenols is 2. The standard InChI is InChI=1S/C17H12O4/c18-15-8-4-7-13-12(15)9-10-14(16(13)19)17(20)21-11-5-2-1-3-6-11/h1-10,18-19H. The van der Waals surface area contributed by atoms with E-state index in [9.17, 15) is 15.0 Å². The highest BCUT2D eigenvalue weighted by atomic mass is 16.5. The molecule has 0 amide bonds. The lowest BCUT2D eigenvalue weighted by Crippen LogP contribution is -2.08. The maximum atomic E-state index is 12.1. The van der Waals surface area contributed by atoms with Gasteiger partial charge >= 0.3 is 5.97 Å². The second kappa shape index (κ2) is 5.17. The maximum Gasteiger partial charge on any atom is 0.347 e. The number of phenolic OH excluding ortho intramolecular Hbond substituents is 2.